The lowest BCUT2D eigenvalue weighted by Crippen LogP contribution is -2.27. The Morgan fingerprint density at radius 3 is 3.06 bits per heavy atom. The molecule has 92 valence electrons. The van der Waals surface area contributed by atoms with Crippen LogP contribution in [-0.4, -0.2) is 18.1 Å². The summed E-state index contributed by atoms with van der Waals surface area (Å²) in [6, 6.07) is 5.05. The van der Waals surface area contributed by atoms with Gasteiger partial charge in [0.2, 0.25) is 0 Å². The monoisotopic (exact) mass is 230 g/mol. The number of nitrogens with zero attached hydrogens (tertiary/aromatic N) is 1. The van der Waals surface area contributed by atoms with Crippen molar-refractivity contribution >= 4 is 0 Å². The molecule has 1 saturated carbocycles. The van der Waals surface area contributed by atoms with Gasteiger partial charge in [-0.1, -0.05) is 13.0 Å². The van der Waals surface area contributed by atoms with E-state index in [4.69, 9.17) is 0 Å². The quantitative estimate of drug-likeness (QED) is 0.845. The first-order valence-corrected chi connectivity index (χ1v) is 6.84. The van der Waals surface area contributed by atoms with Gasteiger partial charge in [-0.15, -0.1) is 0 Å². The van der Waals surface area contributed by atoms with E-state index in [1.54, 1.807) is 0 Å². The predicted octanol–water partition coefficient (Wildman–Crippen LogP) is 2.89. The van der Waals surface area contributed by atoms with Crippen LogP contribution in [0.3, 0.4) is 0 Å². The van der Waals surface area contributed by atoms with Crippen molar-refractivity contribution in [3.63, 3.8) is 0 Å². The van der Waals surface area contributed by atoms with Crippen molar-refractivity contribution in [2.45, 2.75) is 51.0 Å². The molecule has 0 aliphatic heterocycles. The number of fused-ring (bicyclic) bond motifs is 1. The molecule has 3 atom stereocenters. The molecule has 3 rings (SSSR count). The third-order valence-corrected chi connectivity index (χ3v) is 4.98. The molecule has 0 amide bonds. The first-order valence-electron chi connectivity index (χ1n) is 6.84. The van der Waals surface area contributed by atoms with Gasteiger partial charge in [0.25, 0.3) is 0 Å². The minimum absolute atomic E-state index is 0.466. The zero-order valence-corrected chi connectivity index (χ0v) is 10.9. The van der Waals surface area contributed by atoms with Gasteiger partial charge in [-0.3, -0.25) is 4.98 Å². The third kappa shape index (κ3) is 1.79. The first-order chi connectivity index (χ1) is 8.23. The molecule has 2 aliphatic rings. The Morgan fingerprint density at radius 2 is 2.29 bits per heavy atom. The second-order valence-corrected chi connectivity index (χ2v) is 6.02. The van der Waals surface area contributed by atoms with Gasteiger partial charge in [-0.2, -0.15) is 0 Å². The van der Waals surface area contributed by atoms with Crippen LogP contribution in [0.1, 0.15) is 49.8 Å². The highest BCUT2D eigenvalue weighted by molar-refractivity contribution is 5.30. The Morgan fingerprint density at radius 1 is 1.41 bits per heavy atom. The van der Waals surface area contributed by atoms with E-state index in [0.717, 1.165) is 0 Å². The number of aromatic nitrogens is 1. The maximum atomic E-state index is 4.66. The fraction of sp³-hybridized carbons (Fsp3) is 0.667. The lowest BCUT2D eigenvalue weighted by molar-refractivity contribution is 0.250. The lowest BCUT2D eigenvalue weighted by atomic mass is 9.74. The summed E-state index contributed by atoms with van der Waals surface area (Å²) in [5.41, 5.74) is 3.35. The average molecular weight is 230 g/mol. The maximum absolute atomic E-state index is 4.66. The van der Waals surface area contributed by atoms with Crippen LogP contribution in [-0.2, 0) is 6.42 Å². The standard InChI is InChI=1S/C15H22N2/c1-15(8-7-12(10-15)16-2)13-6-5-11-4-3-9-17-14(11)13/h3-4,9,12-13,16H,5-8,10H2,1-2H3. The van der Waals surface area contributed by atoms with Crippen LogP contribution in [0.2, 0.25) is 0 Å². The zero-order chi connectivity index (χ0) is 11.9. The third-order valence-electron chi connectivity index (χ3n) is 4.98. The second-order valence-electron chi connectivity index (χ2n) is 6.02. The van der Waals surface area contributed by atoms with Crippen molar-refractivity contribution in [3.8, 4) is 0 Å². The molecule has 17 heavy (non-hydrogen) atoms. The molecule has 2 nitrogen and oxygen atoms in total. The van der Waals surface area contributed by atoms with Crippen molar-refractivity contribution in [3.05, 3.63) is 29.6 Å². The molecule has 0 saturated heterocycles. The zero-order valence-electron chi connectivity index (χ0n) is 10.9. The highest BCUT2D eigenvalue weighted by Gasteiger charge is 2.44. The van der Waals surface area contributed by atoms with Crippen molar-refractivity contribution < 1.29 is 0 Å². The number of hydrogen-bond donors (Lipinski definition) is 1. The average Bonchev–Trinajstić information content (AvgIpc) is 2.93. The molecule has 1 heterocycles. The number of pyridine rings is 1. The van der Waals surface area contributed by atoms with Crippen LogP contribution in [0, 0.1) is 5.41 Å². The first kappa shape index (κ1) is 11.2. The number of rotatable bonds is 2. The van der Waals surface area contributed by atoms with Crippen LogP contribution < -0.4 is 5.32 Å². The highest BCUT2D eigenvalue weighted by Crippen LogP contribution is 2.52. The fourth-order valence-electron chi connectivity index (χ4n) is 3.92. The molecule has 3 unspecified atom stereocenters. The van der Waals surface area contributed by atoms with E-state index in [2.05, 4.69) is 36.4 Å². The Bertz CT molecular complexity index is 415. The molecule has 0 aromatic carbocycles. The summed E-state index contributed by atoms with van der Waals surface area (Å²) in [4.78, 5) is 4.66. The van der Waals surface area contributed by atoms with Gasteiger partial charge in [0.1, 0.15) is 0 Å². The van der Waals surface area contributed by atoms with E-state index in [1.165, 1.54) is 43.4 Å². The Hall–Kier alpha value is -0.890. The summed E-state index contributed by atoms with van der Waals surface area (Å²) < 4.78 is 0. The van der Waals surface area contributed by atoms with E-state index in [1.807, 2.05) is 6.20 Å². The van der Waals surface area contributed by atoms with Gasteiger partial charge in [-0.25, -0.2) is 0 Å². The van der Waals surface area contributed by atoms with Gasteiger partial charge < -0.3 is 5.32 Å². The second kappa shape index (κ2) is 4.09. The minimum Gasteiger partial charge on any atom is -0.317 e. The van der Waals surface area contributed by atoms with E-state index in [-0.39, 0.29) is 0 Å². The Balaban J connectivity index is 1.87. The minimum atomic E-state index is 0.466. The number of aryl methyl sites for hydroxylation is 1. The summed E-state index contributed by atoms with van der Waals surface area (Å²) in [7, 11) is 2.09. The molecule has 2 aliphatic carbocycles. The number of hydrogen-bond acceptors (Lipinski definition) is 2. The summed E-state index contributed by atoms with van der Waals surface area (Å²) in [6.07, 6.45) is 8.48. The van der Waals surface area contributed by atoms with E-state index in [0.29, 0.717) is 17.4 Å². The van der Waals surface area contributed by atoms with E-state index >= 15 is 0 Å². The summed E-state index contributed by atoms with van der Waals surface area (Å²) in [5, 5.41) is 3.45. The Labute approximate surface area is 104 Å². The molecule has 1 fully saturated rings. The van der Waals surface area contributed by atoms with Crippen LogP contribution in [0.15, 0.2) is 18.3 Å². The van der Waals surface area contributed by atoms with Gasteiger partial charge in [0.15, 0.2) is 0 Å². The molecular weight excluding hydrogens is 208 g/mol. The Kier molecular flexibility index (Phi) is 2.70. The van der Waals surface area contributed by atoms with Gasteiger partial charge in [0.05, 0.1) is 0 Å². The molecule has 1 aromatic heterocycles. The molecule has 0 bridgehead atoms. The molecule has 1 aromatic rings. The summed E-state index contributed by atoms with van der Waals surface area (Å²) >= 11 is 0. The topological polar surface area (TPSA) is 24.9 Å². The molecule has 1 N–H and O–H groups in total. The summed E-state index contributed by atoms with van der Waals surface area (Å²) in [5.74, 6) is 0.692. The summed E-state index contributed by atoms with van der Waals surface area (Å²) in [6.45, 7) is 2.47. The molecule has 2 heteroatoms. The van der Waals surface area contributed by atoms with Crippen molar-refractivity contribution in [2.24, 2.45) is 5.41 Å². The smallest absolute Gasteiger partial charge is 0.0471 e. The van der Waals surface area contributed by atoms with Gasteiger partial charge in [0, 0.05) is 23.9 Å². The van der Waals surface area contributed by atoms with Gasteiger partial charge >= 0.3 is 0 Å². The lowest BCUT2D eigenvalue weighted by Gasteiger charge is -2.31. The van der Waals surface area contributed by atoms with Crippen LogP contribution in [0.5, 0.6) is 0 Å². The van der Waals surface area contributed by atoms with Crippen LogP contribution in [0.25, 0.3) is 0 Å². The van der Waals surface area contributed by atoms with Crippen molar-refractivity contribution in [1.82, 2.24) is 10.3 Å². The van der Waals surface area contributed by atoms with Gasteiger partial charge in [-0.05, 0) is 56.2 Å². The van der Waals surface area contributed by atoms with Crippen LogP contribution >= 0.6 is 0 Å². The SMILES string of the molecule is CNC1CCC(C)(C2CCc3cccnc32)C1. The normalized spacial score (nSPS) is 36.1. The van der Waals surface area contributed by atoms with E-state index < -0.39 is 0 Å². The largest absolute Gasteiger partial charge is 0.317 e. The molecule has 0 radical (unpaired) electrons. The fourth-order valence-corrected chi connectivity index (χ4v) is 3.92. The van der Waals surface area contributed by atoms with Crippen LogP contribution in [0.4, 0.5) is 0 Å². The maximum Gasteiger partial charge on any atom is 0.0471 e. The van der Waals surface area contributed by atoms with E-state index in [9.17, 15) is 0 Å². The number of nitrogens with one attached hydrogen (secondary N) is 1. The van der Waals surface area contributed by atoms with Crippen molar-refractivity contribution in [1.29, 1.82) is 0 Å². The highest BCUT2D eigenvalue weighted by atomic mass is 14.9. The predicted molar refractivity (Wildman–Crippen MR) is 70.1 cm³/mol. The molecular formula is C15H22N2. The molecule has 0 spiro atoms. The van der Waals surface area contributed by atoms with Crippen molar-refractivity contribution in [2.75, 3.05) is 7.05 Å².